The van der Waals surface area contributed by atoms with Crippen molar-refractivity contribution < 1.29 is 4.79 Å². The van der Waals surface area contributed by atoms with E-state index in [-0.39, 0.29) is 5.91 Å². The number of rotatable bonds is 5. The van der Waals surface area contributed by atoms with E-state index in [4.69, 9.17) is 0 Å². The number of nitrogens with zero attached hydrogens (tertiary/aromatic N) is 2. The Morgan fingerprint density at radius 3 is 2.58 bits per heavy atom. The lowest BCUT2D eigenvalue weighted by molar-refractivity contribution is -0.115. The van der Waals surface area contributed by atoms with E-state index in [1.807, 2.05) is 24.3 Å². The van der Waals surface area contributed by atoms with E-state index in [0.29, 0.717) is 17.3 Å². The molecule has 0 bridgehead atoms. The summed E-state index contributed by atoms with van der Waals surface area (Å²) in [7, 11) is 0. The Morgan fingerprint density at radius 2 is 1.89 bits per heavy atom. The molecule has 0 atom stereocenters. The van der Waals surface area contributed by atoms with E-state index >= 15 is 0 Å². The maximum Gasteiger partial charge on any atom is 0.225 e. The number of carbonyl (C=O) groups excluding carboxylic acids is 1. The van der Waals surface area contributed by atoms with Crippen LogP contribution in [0, 0.1) is 3.57 Å². The highest BCUT2D eigenvalue weighted by Crippen LogP contribution is 2.14. The molecule has 1 amide bonds. The summed E-state index contributed by atoms with van der Waals surface area (Å²) in [5, 5.41) is 3.56. The maximum atomic E-state index is 11.7. The second-order valence-corrected chi connectivity index (χ2v) is 5.99. The van der Waals surface area contributed by atoms with Crippen LogP contribution >= 0.6 is 34.4 Å². The van der Waals surface area contributed by atoms with Crippen LogP contribution in [0.5, 0.6) is 0 Å². The fraction of sp³-hybridized carbons (Fsp3) is 0.154. The van der Waals surface area contributed by atoms with Gasteiger partial charge in [0.25, 0.3) is 0 Å². The molecule has 19 heavy (non-hydrogen) atoms. The van der Waals surface area contributed by atoms with Gasteiger partial charge in [-0.3, -0.25) is 4.79 Å². The molecule has 1 aromatic carbocycles. The molecular weight excluding hydrogens is 373 g/mol. The molecule has 6 heteroatoms. The van der Waals surface area contributed by atoms with Gasteiger partial charge in [0.15, 0.2) is 5.16 Å². The number of amides is 1. The molecule has 0 saturated heterocycles. The smallest absolute Gasteiger partial charge is 0.225 e. The molecule has 0 fully saturated rings. The Bertz CT molecular complexity index is 533. The molecule has 0 radical (unpaired) electrons. The number of benzene rings is 1. The van der Waals surface area contributed by atoms with E-state index in [0.717, 1.165) is 9.26 Å². The molecule has 1 N–H and O–H groups in total. The molecule has 0 aliphatic rings. The lowest BCUT2D eigenvalue weighted by Crippen LogP contribution is -2.12. The van der Waals surface area contributed by atoms with Gasteiger partial charge in [0, 0.05) is 33.8 Å². The number of thioether (sulfide) groups is 1. The summed E-state index contributed by atoms with van der Waals surface area (Å²) < 4.78 is 1.15. The summed E-state index contributed by atoms with van der Waals surface area (Å²) in [5.74, 6) is 0.671. The summed E-state index contributed by atoms with van der Waals surface area (Å²) in [6.45, 7) is 0. The number of halogens is 1. The molecule has 1 aromatic heterocycles. The van der Waals surface area contributed by atoms with Gasteiger partial charge in [-0.1, -0.05) is 11.8 Å². The Hall–Kier alpha value is -1.15. The SMILES string of the molecule is O=C(CCSc1ncccn1)Nc1ccc(I)cc1. The first-order valence-electron chi connectivity index (χ1n) is 5.69. The zero-order chi connectivity index (χ0) is 13.5. The van der Waals surface area contributed by atoms with E-state index in [9.17, 15) is 4.79 Å². The summed E-state index contributed by atoms with van der Waals surface area (Å²) in [6.07, 6.45) is 3.83. The molecule has 0 saturated carbocycles. The maximum absolute atomic E-state index is 11.7. The van der Waals surface area contributed by atoms with Crippen LogP contribution in [-0.4, -0.2) is 21.6 Å². The molecular formula is C13H12IN3OS. The Labute approximate surface area is 129 Å². The van der Waals surface area contributed by atoms with E-state index in [2.05, 4.69) is 37.9 Å². The average molecular weight is 385 g/mol. The van der Waals surface area contributed by atoms with Gasteiger partial charge in [-0.05, 0) is 52.9 Å². The summed E-state index contributed by atoms with van der Waals surface area (Å²) in [6, 6.07) is 9.49. The van der Waals surface area contributed by atoms with Crippen molar-refractivity contribution in [3.8, 4) is 0 Å². The standard InChI is InChI=1S/C13H12IN3OS/c14-10-2-4-11(5-3-10)17-12(18)6-9-19-13-15-7-1-8-16-13/h1-5,7-8H,6,9H2,(H,17,18). The van der Waals surface area contributed by atoms with Crippen molar-refractivity contribution in [1.29, 1.82) is 0 Å². The fourth-order valence-electron chi connectivity index (χ4n) is 1.35. The van der Waals surface area contributed by atoms with Gasteiger partial charge in [-0.25, -0.2) is 9.97 Å². The summed E-state index contributed by atoms with van der Waals surface area (Å²) in [4.78, 5) is 19.9. The van der Waals surface area contributed by atoms with Gasteiger partial charge >= 0.3 is 0 Å². The third-order valence-corrected chi connectivity index (χ3v) is 3.83. The van der Waals surface area contributed by atoms with Crippen LogP contribution in [0.3, 0.4) is 0 Å². The first kappa shape index (κ1) is 14.3. The topological polar surface area (TPSA) is 54.9 Å². The van der Waals surface area contributed by atoms with Crippen LogP contribution < -0.4 is 5.32 Å². The van der Waals surface area contributed by atoms with Gasteiger partial charge in [0.2, 0.25) is 5.91 Å². The van der Waals surface area contributed by atoms with Crippen LogP contribution in [0.25, 0.3) is 0 Å². The van der Waals surface area contributed by atoms with Crippen LogP contribution in [-0.2, 0) is 4.79 Å². The normalized spacial score (nSPS) is 10.2. The lowest BCUT2D eigenvalue weighted by atomic mass is 10.3. The highest BCUT2D eigenvalue weighted by atomic mass is 127. The second-order valence-electron chi connectivity index (χ2n) is 3.68. The average Bonchev–Trinajstić information content (AvgIpc) is 2.43. The zero-order valence-electron chi connectivity index (χ0n) is 10.0. The first-order valence-corrected chi connectivity index (χ1v) is 7.76. The van der Waals surface area contributed by atoms with Crippen molar-refractivity contribution >= 4 is 45.9 Å². The molecule has 98 valence electrons. The van der Waals surface area contributed by atoms with Crippen LogP contribution in [0.2, 0.25) is 0 Å². The largest absolute Gasteiger partial charge is 0.326 e. The van der Waals surface area contributed by atoms with Crippen molar-refractivity contribution in [2.24, 2.45) is 0 Å². The highest BCUT2D eigenvalue weighted by molar-refractivity contribution is 14.1. The van der Waals surface area contributed by atoms with Crippen molar-refractivity contribution in [3.63, 3.8) is 0 Å². The second kappa shape index (κ2) is 7.44. The van der Waals surface area contributed by atoms with Crippen molar-refractivity contribution in [1.82, 2.24) is 9.97 Å². The van der Waals surface area contributed by atoms with Crippen LogP contribution in [0.15, 0.2) is 47.9 Å². The summed E-state index contributed by atoms with van der Waals surface area (Å²) >= 11 is 3.71. The minimum atomic E-state index is 0.00430. The fourth-order valence-corrected chi connectivity index (χ4v) is 2.45. The van der Waals surface area contributed by atoms with Gasteiger partial charge in [0.1, 0.15) is 0 Å². The predicted octanol–water partition coefficient (Wildman–Crippen LogP) is 3.20. The van der Waals surface area contributed by atoms with E-state index in [1.165, 1.54) is 11.8 Å². The van der Waals surface area contributed by atoms with Gasteiger partial charge < -0.3 is 5.32 Å². The van der Waals surface area contributed by atoms with Gasteiger partial charge in [0.05, 0.1) is 0 Å². The number of hydrogen-bond donors (Lipinski definition) is 1. The van der Waals surface area contributed by atoms with Crippen LogP contribution in [0.1, 0.15) is 6.42 Å². The molecule has 4 nitrogen and oxygen atoms in total. The minimum Gasteiger partial charge on any atom is -0.326 e. The number of aromatic nitrogens is 2. The number of carbonyl (C=O) groups is 1. The van der Waals surface area contributed by atoms with Crippen molar-refractivity contribution in [2.45, 2.75) is 11.6 Å². The molecule has 0 aliphatic heterocycles. The zero-order valence-corrected chi connectivity index (χ0v) is 13.0. The predicted molar refractivity (Wildman–Crippen MR) is 85.2 cm³/mol. The molecule has 0 spiro atoms. The van der Waals surface area contributed by atoms with Gasteiger partial charge in [-0.2, -0.15) is 0 Å². The number of nitrogens with one attached hydrogen (secondary N) is 1. The number of anilines is 1. The Kier molecular flexibility index (Phi) is 5.59. The minimum absolute atomic E-state index is 0.00430. The van der Waals surface area contributed by atoms with Crippen molar-refractivity contribution in [3.05, 3.63) is 46.3 Å². The van der Waals surface area contributed by atoms with E-state index < -0.39 is 0 Å². The summed E-state index contributed by atoms with van der Waals surface area (Å²) in [5.41, 5.74) is 0.825. The Balaban J connectivity index is 1.74. The van der Waals surface area contributed by atoms with E-state index in [1.54, 1.807) is 18.5 Å². The molecule has 0 unspecified atom stereocenters. The monoisotopic (exact) mass is 385 g/mol. The molecule has 2 aromatic rings. The highest BCUT2D eigenvalue weighted by Gasteiger charge is 2.03. The molecule has 1 heterocycles. The first-order chi connectivity index (χ1) is 9.24. The molecule has 0 aliphatic carbocycles. The van der Waals surface area contributed by atoms with Crippen molar-refractivity contribution in [2.75, 3.05) is 11.1 Å². The van der Waals surface area contributed by atoms with Crippen LogP contribution in [0.4, 0.5) is 5.69 Å². The lowest BCUT2D eigenvalue weighted by Gasteiger charge is -2.04. The number of hydrogen-bond acceptors (Lipinski definition) is 4. The Morgan fingerprint density at radius 1 is 1.21 bits per heavy atom. The third-order valence-electron chi connectivity index (χ3n) is 2.23. The van der Waals surface area contributed by atoms with Gasteiger partial charge in [-0.15, -0.1) is 0 Å². The quantitative estimate of drug-likeness (QED) is 0.488. The molecule has 2 rings (SSSR count). The third kappa shape index (κ3) is 5.15.